The van der Waals surface area contributed by atoms with Gasteiger partial charge in [0, 0.05) is 19.7 Å². The van der Waals surface area contributed by atoms with E-state index in [0.29, 0.717) is 6.04 Å². The van der Waals surface area contributed by atoms with E-state index in [0.717, 1.165) is 10.2 Å². The third-order valence-corrected chi connectivity index (χ3v) is 5.67. The third kappa shape index (κ3) is 2.48. The molecule has 1 aromatic heterocycles. The predicted molar refractivity (Wildman–Crippen MR) is 92.7 cm³/mol. The largest absolute Gasteiger partial charge is 0.377 e. The highest BCUT2D eigenvalue weighted by atomic mass is 79.9. The van der Waals surface area contributed by atoms with Gasteiger partial charge in [0.2, 0.25) is 0 Å². The Labute approximate surface area is 131 Å². The molecular formula is C17H16BrNS. The smallest absolute Gasteiger partial charge is 0.0581 e. The van der Waals surface area contributed by atoms with Crippen LogP contribution in [-0.2, 0) is 0 Å². The minimum absolute atomic E-state index is 0.297. The third-order valence-electron chi connectivity index (χ3n) is 3.52. The van der Waals surface area contributed by atoms with E-state index in [-0.39, 0.29) is 0 Å². The lowest BCUT2D eigenvalue weighted by atomic mass is 10.1. The minimum Gasteiger partial charge on any atom is -0.377 e. The van der Waals surface area contributed by atoms with E-state index < -0.39 is 0 Å². The highest BCUT2D eigenvalue weighted by molar-refractivity contribution is 9.10. The topological polar surface area (TPSA) is 12.0 Å². The molecule has 1 unspecified atom stereocenters. The van der Waals surface area contributed by atoms with Crippen molar-refractivity contribution in [3.8, 4) is 0 Å². The van der Waals surface area contributed by atoms with Crippen LogP contribution in [0.5, 0.6) is 0 Å². The molecule has 1 heterocycles. The number of halogens is 1. The van der Waals surface area contributed by atoms with E-state index in [1.807, 2.05) is 17.4 Å². The van der Waals surface area contributed by atoms with Gasteiger partial charge in [0.15, 0.2) is 0 Å². The number of benzene rings is 2. The fourth-order valence-electron chi connectivity index (χ4n) is 2.48. The number of para-hydroxylation sites is 1. The molecule has 3 rings (SSSR count). The molecule has 0 aliphatic carbocycles. The van der Waals surface area contributed by atoms with Crippen molar-refractivity contribution in [2.75, 3.05) is 5.32 Å². The molecule has 1 atom stereocenters. The predicted octanol–water partition coefficient (Wildman–Crippen LogP) is 6.15. The summed E-state index contributed by atoms with van der Waals surface area (Å²) in [5.41, 5.74) is 2.52. The van der Waals surface area contributed by atoms with Gasteiger partial charge in [-0.2, -0.15) is 0 Å². The van der Waals surface area contributed by atoms with E-state index >= 15 is 0 Å². The lowest BCUT2D eigenvalue weighted by Gasteiger charge is -2.16. The Morgan fingerprint density at radius 1 is 1.05 bits per heavy atom. The Morgan fingerprint density at radius 3 is 2.50 bits per heavy atom. The second-order valence-electron chi connectivity index (χ2n) is 4.93. The summed E-state index contributed by atoms with van der Waals surface area (Å²) >= 11 is 5.47. The van der Waals surface area contributed by atoms with Gasteiger partial charge in [-0.15, -0.1) is 11.3 Å². The number of fused-ring (bicyclic) bond motifs is 1. The van der Waals surface area contributed by atoms with E-state index in [9.17, 15) is 0 Å². The average Bonchev–Trinajstić information content (AvgIpc) is 2.79. The number of anilines is 1. The quantitative estimate of drug-likeness (QED) is 0.600. The monoisotopic (exact) mass is 345 g/mol. The number of thiophene rings is 1. The van der Waals surface area contributed by atoms with Crippen molar-refractivity contribution >= 4 is 43.0 Å². The molecule has 0 spiro atoms. The van der Waals surface area contributed by atoms with Crippen LogP contribution < -0.4 is 5.32 Å². The van der Waals surface area contributed by atoms with Crippen LogP contribution in [0.15, 0.2) is 53.0 Å². The van der Waals surface area contributed by atoms with Crippen molar-refractivity contribution in [2.24, 2.45) is 0 Å². The summed E-state index contributed by atoms with van der Waals surface area (Å²) in [6.45, 7) is 4.43. The van der Waals surface area contributed by atoms with Crippen molar-refractivity contribution in [3.63, 3.8) is 0 Å². The maximum absolute atomic E-state index is 3.59. The molecule has 1 N–H and O–H groups in total. The lowest BCUT2D eigenvalue weighted by molar-refractivity contribution is 0.899. The molecule has 2 aromatic carbocycles. The Bertz CT molecular complexity index is 748. The molecule has 1 nitrogen and oxygen atoms in total. The Hall–Kier alpha value is -1.32. The zero-order valence-electron chi connectivity index (χ0n) is 11.5. The van der Waals surface area contributed by atoms with Crippen LogP contribution in [-0.4, -0.2) is 0 Å². The number of hydrogen-bond donors (Lipinski definition) is 1. The maximum atomic E-state index is 3.59. The first-order valence-corrected chi connectivity index (χ1v) is 8.27. The molecular weight excluding hydrogens is 330 g/mol. The molecule has 0 bridgehead atoms. The molecule has 0 amide bonds. The van der Waals surface area contributed by atoms with E-state index in [1.165, 1.54) is 20.5 Å². The van der Waals surface area contributed by atoms with Gasteiger partial charge in [-0.3, -0.25) is 0 Å². The summed E-state index contributed by atoms with van der Waals surface area (Å²) in [5.74, 6) is 0. The van der Waals surface area contributed by atoms with Crippen LogP contribution in [0.4, 0.5) is 5.69 Å². The highest BCUT2D eigenvalue weighted by Crippen LogP contribution is 2.36. The van der Waals surface area contributed by atoms with E-state index in [4.69, 9.17) is 0 Å². The Kier molecular flexibility index (Phi) is 3.81. The van der Waals surface area contributed by atoms with Crippen LogP contribution in [0, 0.1) is 6.92 Å². The molecule has 0 fully saturated rings. The van der Waals surface area contributed by atoms with Crippen molar-refractivity contribution in [3.05, 3.63) is 63.4 Å². The number of aryl methyl sites for hydroxylation is 1. The molecule has 0 saturated heterocycles. The molecule has 102 valence electrons. The molecule has 20 heavy (non-hydrogen) atoms. The van der Waals surface area contributed by atoms with Crippen LogP contribution in [0.3, 0.4) is 0 Å². The Morgan fingerprint density at radius 2 is 1.75 bits per heavy atom. The summed E-state index contributed by atoms with van der Waals surface area (Å²) < 4.78 is 2.46. The summed E-state index contributed by atoms with van der Waals surface area (Å²) in [6.07, 6.45) is 0. The van der Waals surface area contributed by atoms with Gasteiger partial charge in [0.05, 0.1) is 6.04 Å². The van der Waals surface area contributed by atoms with E-state index in [2.05, 4.69) is 77.6 Å². The zero-order chi connectivity index (χ0) is 14.1. The van der Waals surface area contributed by atoms with Crippen LogP contribution >= 0.6 is 27.3 Å². The SMILES string of the molecule is Cc1c(C(C)Nc2ccccc2Br)sc2ccccc12. The molecule has 0 aliphatic rings. The first kappa shape index (κ1) is 13.7. The second-order valence-corrected chi connectivity index (χ2v) is 6.87. The van der Waals surface area contributed by atoms with Crippen molar-refractivity contribution in [1.82, 2.24) is 0 Å². The first-order valence-electron chi connectivity index (χ1n) is 6.66. The van der Waals surface area contributed by atoms with Crippen molar-refractivity contribution in [1.29, 1.82) is 0 Å². The van der Waals surface area contributed by atoms with Crippen molar-refractivity contribution < 1.29 is 0 Å². The highest BCUT2D eigenvalue weighted by Gasteiger charge is 2.14. The fraction of sp³-hybridized carbons (Fsp3) is 0.176. The van der Waals surface area contributed by atoms with Crippen molar-refractivity contribution in [2.45, 2.75) is 19.9 Å². The summed E-state index contributed by atoms with van der Waals surface area (Å²) in [6, 6.07) is 17.2. The summed E-state index contributed by atoms with van der Waals surface area (Å²) in [5, 5.41) is 4.96. The zero-order valence-corrected chi connectivity index (χ0v) is 13.9. The maximum Gasteiger partial charge on any atom is 0.0581 e. The van der Waals surface area contributed by atoms with Crippen LogP contribution in [0.2, 0.25) is 0 Å². The Balaban J connectivity index is 1.95. The number of rotatable bonds is 3. The van der Waals surface area contributed by atoms with Gasteiger partial charge in [-0.05, 0) is 58.9 Å². The lowest BCUT2D eigenvalue weighted by Crippen LogP contribution is -2.06. The molecule has 0 aliphatic heterocycles. The van der Waals surface area contributed by atoms with Gasteiger partial charge in [-0.1, -0.05) is 30.3 Å². The van der Waals surface area contributed by atoms with E-state index in [1.54, 1.807) is 0 Å². The molecule has 0 radical (unpaired) electrons. The fourth-order valence-corrected chi connectivity index (χ4v) is 4.10. The van der Waals surface area contributed by atoms with Gasteiger partial charge >= 0.3 is 0 Å². The minimum atomic E-state index is 0.297. The average molecular weight is 346 g/mol. The van der Waals surface area contributed by atoms with Gasteiger partial charge in [0.1, 0.15) is 0 Å². The van der Waals surface area contributed by atoms with Crippen LogP contribution in [0.1, 0.15) is 23.4 Å². The molecule has 3 heteroatoms. The van der Waals surface area contributed by atoms with Crippen LogP contribution in [0.25, 0.3) is 10.1 Å². The number of nitrogens with one attached hydrogen (secondary N) is 1. The van der Waals surface area contributed by atoms with Gasteiger partial charge in [-0.25, -0.2) is 0 Å². The first-order chi connectivity index (χ1) is 9.66. The van der Waals surface area contributed by atoms with Gasteiger partial charge in [0.25, 0.3) is 0 Å². The molecule has 3 aromatic rings. The number of hydrogen-bond acceptors (Lipinski definition) is 2. The van der Waals surface area contributed by atoms with Gasteiger partial charge < -0.3 is 5.32 Å². The standard InChI is InChI=1S/C17H16BrNS/c1-11-13-7-3-6-10-16(13)20-17(11)12(2)19-15-9-5-4-8-14(15)18/h3-10,12,19H,1-2H3. The second kappa shape index (κ2) is 5.58. The molecule has 0 saturated carbocycles. The normalized spacial score (nSPS) is 12.6. The summed E-state index contributed by atoms with van der Waals surface area (Å²) in [4.78, 5) is 1.40. The summed E-state index contributed by atoms with van der Waals surface area (Å²) in [7, 11) is 0.